The average Bonchev–Trinajstić information content (AvgIpc) is 3.68. The van der Waals surface area contributed by atoms with Gasteiger partial charge in [0, 0.05) is 33.8 Å². The van der Waals surface area contributed by atoms with Gasteiger partial charge in [-0.05, 0) is 190 Å². The van der Waals surface area contributed by atoms with E-state index in [1.807, 2.05) is 0 Å². The van der Waals surface area contributed by atoms with Crippen molar-refractivity contribution in [3.8, 4) is 11.1 Å². The molecule has 0 spiro atoms. The fourth-order valence-corrected chi connectivity index (χ4v) is 12.0. The van der Waals surface area contributed by atoms with Gasteiger partial charge in [-0.1, -0.05) is 164 Å². The van der Waals surface area contributed by atoms with E-state index >= 15 is 0 Å². The molecule has 2 heteroatoms. The molecule has 0 aliphatic heterocycles. The molecule has 11 aromatic rings. The quantitative estimate of drug-likeness (QED) is 0.140. The van der Waals surface area contributed by atoms with Crippen LogP contribution in [0.1, 0.15) is 55.6 Å². The Kier molecular flexibility index (Phi) is 10.1. The van der Waals surface area contributed by atoms with Gasteiger partial charge in [-0.25, -0.2) is 0 Å². The van der Waals surface area contributed by atoms with Crippen molar-refractivity contribution in [3.05, 3.63) is 274 Å². The molecule has 1 aliphatic rings. The zero-order chi connectivity index (χ0) is 47.0. The second-order valence-electron chi connectivity index (χ2n) is 19.3. The van der Waals surface area contributed by atoms with Gasteiger partial charge >= 0.3 is 0 Å². The van der Waals surface area contributed by atoms with Gasteiger partial charge in [-0.15, -0.1) is 0 Å². The first kappa shape index (κ1) is 42.2. The lowest BCUT2D eigenvalue weighted by Gasteiger charge is -2.36. The minimum atomic E-state index is -0.709. The molecule has 2 nitrogen and oxygen atoms in total. The molecule has 0 N–H and O–H groups in total. The Labute approximate surface area is 406 Å². The van der Waals surface area contributed by atoms with Crippen LogP contribution in [0.2, 0.25) is 0 Å². The Morgan fingerprint density at radius 1 is 0.290 bits per heavy atom. The molecule has 12 rings (SSSR count). The molecule has 0 fully saturated rings. The van der Waals surface area contributed by atoms with Gasteiger partial charge in [0.05, 0.1) is 11.1 Å². The van der Waals surface area contributed by atoms with Crippen molar-refractivity contribution in [2.45, 2.75) is 47.0 Å². The number of anilines is 6. The maximum atomic E-state index is 2.57. The lowest BCUT2D eigenvalue weighted by molar-refractivity contribution is 0.776. The van der Waals surface area contributed by atoms with Crippen LogP contribution in [0.3, 0.4) is 0 Å². The van der Waals surface area contributed by atoms with E-state index in [1.54, 1.807) is 0 Å². The topological polar surface area (TPSA) is 6.48 Å². The first-order valence-corrected chi connectivity index (χ1v) is 24.3. The summed E-state index contributed by atoms with van der Waals surface area (Å²) in [4.78, 5) is 4.98. The number of nitrogens with zero attached hydrogens (tertiary/aromatic N) is 2. The van der Waals surface area contributed by atoms with Gasteiger partial charge in [-0.2, -0.15) is 0 Å². The van der Waals surface area contributed by atoms with Gasteiger partial charge in [0.15, 0.2) is 0 Å². The fourth-order valence-electron chi connectivity index (χ4n) is 12.0. The van der Waals surface area contributed by atoms with Crippen LogP contribution < -0.4 is 9.80 Å². The van der Waals surface area contributed by atoms with Crippen molar-refractivity contribution in [1.29, 1.82) is 0 Å². The lowest BCUT2D eigenvalue weighted by Crippen LogP contribution is -2.29. The second-order valence-corrected chi connectivity index (χ2v) is 19.3. The average molecular weight is 887 g/mol. The number of hydrogen-bond donors (Lipinski definition) is 0. The molecule has 0 radical (unpaired) electrons. The van der Waals surface area contributed by atoms with Crippen LogP contribution in [-0.2, 0) is 5.41 Å². The Hall–Kier alpha value is -8.20. The molecule has 11 aromatic carbocycles. The van der Waals surface area contributed by atoms with Gasteiger partial charge in [0.1, 0.15) is 0 Å². The van der Waals surface area contributed by atoms with E-state index in [1.165, 1.54) is 110 Å². The summed E-state index contributed by atoms with van der Waals surface area (Å²) in [6.07, 6.45) is 0. The summed E-state index contributed by atoms with van der Waals surface area (Å²) in [6, 6.07) is 82.3. The Morgan fingerprint density at radius 2 is 0.739 bits per heavy atom. The second kappa shape index (κ2) is 16.5. The minimum Gasteiger partial charge on any atom is -0.310 e. The van der Waals surface area contributed by atoms with Gasteiger partial charge < -0.3 is 9.80 Å². The van der Waals surface area contributed by atoms with Crippen LogP contribution in [0.25, 0.3) is 43.4 Å². The third kappa shape index (κ3) is 6.69. The van der Waals surface area contributed by atoms with E-state index in [4.69, 9.17) is 0 Å². The first-order chi connectivity index (χ1) is 33.7. The largest absolute Gasteiger partial charge is 0.310 e. The smallest absolute Gasteiger partial charge is 0.0720 e. The van der Waals surface area contributed by atoms with E-state index < -0.39 is 5.41 Å². The Balaban J connectivity index is 1.26. The molecule has 0 bridgehead atoms. The standard InChI is InChI=1S/C67H54N2/c1-43-35-44(2)38-52(37-43)68(61-31-19-13-21-47(61)5)51-33-34-58-59(41-51)54-27-15-17-29-56(54)65-64-57-30-18-16-28-55(57)63(69(62-32-20-14-22-48(62)6)53-39-45(3)36-46(4)40-53)42-60(64)67(66(58)65,49-23-9-7-10-24-49)50-25-11-8-12-26-50/h7-42H,1-6H3. The fraction of sp³-hybridized carbons (Fsp3) is 0.104. The first-order valence-electron chi connectivity index (χ1n) is 24.3. The summed E-state index contributed by atoms with van der Waals surface area (Å²) in [6.45, 7) is 13.3. The predicted molar refractivity (Wildman–Crippen MR) is 294 cm³/mol. The molecule has 0 saturated heterocycles. The molecule has 0 heterocycles. The summed E-state index contributed by atoms with van der Waals surface area (Å²) >= 11 is 0. The predicted octanol–water partition coefficient (Wildman–Crippen LogP) is 18.3. The lowest BCUT2D eigenvalue weighted by atomic mass is 9.66. The number of rotatable bonds is 8. The molecular weight excluding hydrogens is 833 g/mol. The highest BCUT2D eigenvalue weighted by molar-refractivity contribution is 6.24. The maximum absolute atomic E-state index is 2.57. The van der Waals surface area contributed by atoms with Crippen LogP contribution in [-0.4, -0.2) is 0 Å². The summed E-state index contributed by atoms with van der Waals surface area (Å²) in [5.74, 6) is 0. The van der Waals surface area contributed by atoms with Crippen molar-refractivity contribution in [2.24, 2.45) is 0 Å². The molecule has 0 aromatic heterocycles. The van der Waals surface area contributed by atoms with Crippen molar-refractivity contribution >= 4 is 66.4 Å². The van der Waals surface area contributed by atoms with Crippen LogP contribution >= 0.6 is 0 Å². The number of benzene rings is 11. The third-order valence-electron chi connectivity index (χ3n) is 14.6. The van der Waals surface area contributed by atoms with E-state index in [2.05, 4.69) is 270 Å². The number of fused-ring (bicyclic) bond motifs is 10. The highest BCUT2D eigenvalue weighted by atomic mass is 15.2. The van der Waals surface area contributed by atoms with Gasteiger partial charge in [0.25, 0.3) is 0 Å². The zero-order valence-electron chi connectivity index (χ0n) is 40.2. The van der Waals surface area contributed by atoms with E-state index in [0.29, 0.717) is 0 Å². The van der Waals surface area contributed by atoms with Crippen LogP contribution in [0.5, 0.6) is 0 Å². The van der Waals surface area contributed by atoms with Crippen LogP contribution in [0, 0.1) is 41.5 Å². The summed E-state index contributed by atoms with van der Waals surface area (Å²) < 4.78 is 0. The summed E-state index contributed by atoms with van der Waals surface area (Å²) in [5.41, 5.74) is 21.3. The van der Waals surface area contributed by atoms with E-state index in [9.17, 15) is 0 Å². The summed E-state index contributed by atoms with van der Waals surface area (Å²) in [5, 5.41) is 7.43. The minimum absolute atomic E-state index is 0.709. The van der Waals surface area contributed by atoms with Crippen molar-refractivity contribution in [1.82, 2.24) is 0 Å². The third-order valence-corrected chi connectivity index (χ3v) is 14.6. The van der Waals surface area contributed by atoms with Crippen molar-refractivity contribution < 1.29 is 0 Å². The molecule has 0 saturated carbocycles. The maximum Gasteiger partial charge on any atom is 0.0720 e. The summed E-state index contributed by atoms with van der Waals surface area (Å²) in [7, 11) is 0. The highest BCUT2D eigenvalue weighted by Crippen LogP contribution is 2.63. The Bertz CT molecular complexity index is 3730. The number of para-hydroxylation sites is 2. The van der Waals surface area contributed by atoms with Gasteiger partial charge in [0.2, 0.25) is 0 Å². The number of hydrogen-bond acceptors (Lipinski definition) is 2. The molecule has 1 aliphatic carbocycles. The molecule has 332 valence electrons. The molecular formula is C67H54N2. The molecule has 0 atom stereocenters. The van der Waals surface area contributed by atoms with Gasteiger partial charge in [-0.3, -0.25) is 0 Å². The van der Waals surface area contributed by atoms with E-state index in [-0.39, 0.29) is 0 Å². The SMILES string of the molecule is Cc1cc(C)cc(N(c2ccc3c4c(c5ccccc5c3c2)-c2c(cc(N(c3cc(C)cc(C)c3)c3ccccc3C)c3ccccc23)C4(c2ccccc2)c2ccccc2)c2ccccc2C)c1. The highest BCUT2D eigenvalue weighted by Gasteiger charge is 2.49. The Morgan fingerprint density at radius 3 is 1.29 bits per heavy atom. The molecule has 0 unspecified atom stereocenters. The van der Waals surface area contributed by atoms with Crippen LogP contribution in [0.4, 0.5) is 34.1 Å². The van der Waals surface area contributed by atoms with Crippen molar-refractivity contribution in [3.63, 3.8) is 0 Å². The zero-order valence-corrected chi connectivity index (χ0v) is 40.2. The molecule has 69 heavy (non-hydrogen) atoms. The number of aryl methyl sites for hydroxylation is 6. The van der Waals surface area contributed by atoms with Crippen LogP contribution in [0.15, 0.2) is 218 Å². The van der Waals surface area contributed by atoms with Crippen molar-refractivity contribution in [2.75, 3.05) is 9.80 Å². The van der Waals surface area contributed by atoms with E-state index in [0.717, 1.165) is 22.7 Å². The monoisotopic (exact) mass is 886 g/mol. The normalized spacial score (nSPS) is 12.6. The molecule has 0 amide bonds.